The van der Waals surface area contributed by atoms with E-state index in [2.05, 4.69) is 0 Å². The fourth-order valence-electron chi connectivity index (χ4n) is 1.45. The topological polar surface area (TPSA) is 44.8 Å². The summed E-state index contributed by atoms with van der Waals surface area (Å²) < 4.78 is 15.2. The molecule has 0 saturated heterocycles. The first kappa shape index (κ1) is 9.18. The van der Waals surface area contributed by atoms with Gasteiger partial charge in [0.05, 0.1) is 5.56 Å². The Labute approximate surface area is 81.4 Å². The summed E-state index contributed by atoms with van der Waals surface area (Å²) in [5, 5.41) is 0. The summed E-state index contributed by atoms with van der Waals surface area (Å²) in [6.45, 7) is 0. The van der Waals surface area contributed by atoms with E-state index in [0.29, 0.717) is 11.3 Å². The maximum Gasteiger partial charge on any atom is 0.395 e. The molecule has 0 saturated carbocycles. The average molecular weight is 194 g/mol. The second-order valence-corrected chi connectivity index (χ2v) is 2.89. The Hall–Kier alpha value is -1.39. The normalized spacial score (nSPS) is 17.7. The fourth-order valence-corrected chi connectivity index (χ4v) is 1.45. The molecule has 0 atom stereocenters. The zero-order valence-electron chi connectivity index (χ0n) is 7.94. The summed E-state index contributed by atoms with van der Waals surface area (Å²) >= 11 is 0. The number of fused-ring (bicyclic) bond motifs is 1. The largest absolute Gasteiger partial charge is 0.432 e. The highest BCUT2D eigenvalue weighted by Crippen LogP contribution is 2.35. The van der Waals surface area contributed by atoms with Gasteiger partial charge in [0, 0.05) is 14.2 Å². The van der Waals surface area contributed by atoms with Gasteiger partial charge in [0.25, 0.3) is 5.78 Å². The summed E-state index contributed by atoms with van der Waals surface area (Å²) in [6, 6.07) is 6.93. The zero-order chi connectivity index (χ0) is 10.2. The van der Waals surface area contributed by atoms with Crippen LogP contribution in [0.5, 0.6) is 5.75 Å². The van der Waals surface area contributed by atoms with Gasteiger partial charge in [-0.2, -0.15) is 0 Å². The maximum absolute atomic E-state index is 11.8. The molecule has 0 amide bonds. The molecule has 4 heteroatoms. The van der Waals surface area contributed by atoms with Crippen molar-refractivity contribution < 1.29 is 19.0 Å². The third kappa shape index (κ3) is 1.05. The highest BCUT2D eigenvalue weighted by atomic mass is 16.9. The van der Waals surface area contributed by atoms with Crippen molar-refractivity contribution in [3.05, 3.63) is 29.8 Å². The molecule has 0 bridgehead atoms. The lowest BCUT2D eigenvalue weighted by Crippen LogP contribution is -2.43. The fraction of sp³-hybridized carbons (Fsp3) is 0.300. The van der Waals surface area contributed by atoms with E-state index in [-0.39, 0.29) is 5.78 Å². The van der Waals surface area contributed by atoms with E-state index in [1.165, 1.54) is 14.2 Å². The summed E-state index contributed by atoms with van der Waals surface area (Å²) in [5.74, 6) is -1.41. The van der Waals surface area contributed by atoms with Crippen LogP contribution in [0.25, 0.3) is 0 Å². The Balaban J connectivity index is 2.47. The van der Waals surface area contributed by atoms with Crippen molar-refractivity contribution in [1.82, 2.24) is 0 Å². The second kappa shape index (κ2) is 3.08. The molecule has 1 aliphatic heterocycles. The number of hydrogen-bond donors (Lipinski definition) is 0. The molecule has 0 fully saturated rings. The number of carbonyl (C=O) groups excluding carboxylic acids is 1. The maximum atomic E-state index is 11.8. The van der Waals surface area contributed by atoms with E-state index in [4.69, 9.17) is 14.2 Å². The van der Waals surface area contributed by atoms with Crippen molar-refractivity contribution in [3.63, 3.8) is 0 Å². The van der Waals surface area contributed by atoms with E-state index >= 15 is 0 Å². The highest BCUT2D eigenvalue weighted by molar-refractivity contribution is 6.05. The standard InChI is InChI=1S/C10H10O4/c1-12-10(13-2)9(11)7-5-3-4-6-8(7)14-10/h3-6H,1-2H3. The van der Waals surface area contributed by atoms with Crippen LogP contribution in [0.4, 0.5) is 0 Å². The van der Waals surface area contributed by atoms with Gasteiger partial charge >= 0.3 is 5.97 Å². The van der Waals surface area contributed by atoms with Crippen molar-refractivity contribution in [3.8, 4) is 5.75 Å². The van der Waals surface area contributed by atoms with E-state index in [1.54, 1.807) is 24.3 Å². The van der Waals surface area contributed by atoms with Gasteiger partial charge in [-0.3, -0.25) is 4.79 Å². The van der Waals surface area contributed by atoms with Gasteiger partial charge in [-0.1, -0.05) is 12.1 Å². The van der Waals surface area contributed by atoms with Crippen molar-refractivity contribution in [2.45, 2.75) is 5.97 Å². The Morgan fingerprint density at radius 1 is 1.21 bits per heavy atom. The van der Waals surface area contributed by atoms with Crippen LogP contribution in [-0.4, -0.2) is 26.0 Å². The minimum atomic E-state index is -1.59. The summed E-state index contributed by atoms with van der Waals surface area (Å²) in [7, 11) is 2.74. The molecule has 0 aromatic heterocycles. The first-order valence-corrected chi connectivity index (χ1v) is 4.16. The SMILES string of the molecule is COC1(OC)Oc2ccccc2C1=O. The molecule has 1 aliphatic rings. The lowest BCUT2D eigenvalue weighted by Gasteiger charge is -2.22. The van der Waals surface area contributed by atoms with Crippen molar-refractivity contribution in [2.24, 2.45) is 0 Å². The zero-order valence-corrected chi connectivity index (χ0v) is 7.94. The molecule has 0 spiro atoms. The van der Waals surface area contributed by atoms with Crippen LogP contribution in [-0.2, 0) is 9.47 Å². The molecule has 74 valence electrons. The van der Waals surface area contributed by atoms with Crippen LogP contribution in [0.15, 0.2) is 24.3 Å². The molecule has 1 heterocycles. The van der Waals surface area contributed by atoms with Gasteiger partial charge < -0.3 is 14.2 Å². The molecule has 1 aromatic rings. The Kier molecular flexibility index (Phi) is 2.02. The summed E-state index contributed by atoms with van der Waals surface area (Å²) in [4.78, 5) is 11.8. The van der Waals surface area contributed by atoms with E-state index < -0.39 is 5.97 Å². The van der Waals surface area contributed by atoms with Crippen LogP contribution in [0.1, 0.15) is 10.4 Å². The average Bonchev–Trinajstić information content (AvgIpc) is 2.53. The minimum Gasteiger partial charge on any atom is -0.432 e. The smallest absolute Gasteiger partial charge is 0.395 e. The molecular weight excluding hydrogens is 184 g/mol. The van der Waals surface area contributed by atoms with E-state index in [0.717, 1.165) is 0 Å². The van der Waals surface area contributed by atoms with Crippen molar-refractivity contribution in [1.29, 1.82) is 0 Å². The number of hydrogen-bond acceptors (Lipinski definition) is 4. The number of para-hydroxylation sites is 1. The van der Waals surface area contributed by atoms with Crippen LogP contribution >= 0.6 is 0 Å². The molecule has 14 heavy (non-hydrogen) atoms. The van der Waals surface area contributed by atoms with Gasteiger partial charge in [-0.05, 0) is 12.1 Å². The number of benzene rings is 1. The second-order valence-electron chi connectivity index (χ2n) is 2.89. The number of carbonyl (C=O) groups is 1. The first-order chi connectivity index (χ1) is 6.73. The van der Waals surface area contributed by atoms with Gasteiger partial charge in [0.15, 0.2) is 0 Å². The van der Waals surface area contributed by atoms with Gasteiger partial charge in [-0.15, -0.1) is 0 Å². The van der Waals surface area contributed by atoms with Crippen LogP contribution < -0.4 is 4.74 Å². The molecule has 0 aliphatic carbocycles. The van der Waals surface area contributed by atoms with E-state index in [9.17, 15) is 4.79 Å². The first-order valence-electron chi connectivity index (χ1n) is 4.16. The monoisotopic (exact) mass is 194 g/mol. The van der Waals surface area contributed by atoms with Gasteiger partial charge in [-0.25, -0.2) is 0 Å². The predicted octanol–water partition coefficient (Wildman–Crippen LogP) is 1.21. The molecular formula is C10H10O4. The minimum absolute atomic E-state index is 0.307. The van der Waals surface area contributed by atoms with Crippen LogP contribution in [0.2, 0.25) is 0 Å². The quantitative estimate of drug-likeness (QED) is 0.664. The summed E-state index contributed by atoms with van der Waals surface area (Å²) in [5.41, 5.74) is 0.483. The number of ether oxygens (including phenoxy) is 3. The van der Waals surface area contributed by atoms with Gasteiger partial charge in [0.1, 0.15) is 5.75 Å². The number of methoxy groups -OCH3 is 2. The molecule has 1 aromatic carbocycles. The molecule has 0 N–H and O–H groups in total. The van der Waals surface area contributed by atoms with Crippen molar-refractivity contribution in [2.75, 3.05) is 14.2 Å². The van der Waals surface area contributed by atoms with Crippen LogP contribution in [0, 0.1) is 0 Å². The predicted molar refractivity (Wildman–Crippen MR) is 48.1 cm³/mol. The third-order valence-corrected chi connectivity index (χ3v) is 2.19. The lowest BCUT2D eigenvalue weighted by molar-refractivity contribution is -0.275. The lowest BCUT2D eigenvalue weighted by atomic mass is 10.1. The number of ketones is 1. The van der Waals surface area contributed by atoms with Crippen molar-refractivity contribution >= 4 is 5.78 Å². The van der Waals surface area contributed by atoms with E-state index in [1.807, 2.05) is 0 Å². The Bertz CT molecular complexity index is 368. The highest BCUT2D eigenvalue weighted by Gasteiger charge is 2.49. The molecule has 0 unspecified atom stereocenters. The molecule has 4 nitrogen and oxygen atoms in total. The Morgan fingerprint density at radius 2 is 1.86 bits per heavy atom. The summed E-state index contributed by atoms with van der Waals surface area (Å²) in [6.07, 6.45) is 0. The molecule has 0 radical (unpaired) electrons. The molecule has 2 rings (SSSR count). The number of Topliss-reactive ketones (excluding diaryl/α,β-unsaturated/α-hetero) is 1. The van der Waals surface area contributed by atoms with Crippen LogP contribution in [0.3, 0.4) is 0 Å². The van der Waals surface area contributed by atoms with Gasteiger partial charge in [0.2, 0.25) is 0 Å². The Morgan fingerprint density at radius 3 is 2.43 bits per heavy atom. The third-order valence-electron chi connectivity index (χ3n) is 2.19. The number of rotatable bonds is 2.